The predicted molar refractivity (Wildman–Crippen MR) is 86.4 cm³/mol. The molecule has 0 aromatic heterocycles. The van der Waals surface area contributed by atoms with Crippen molar-refractivity contribution >= 4 is 5.97 Å². The van der Waals surface area contributed by atoms with Gasteiger partial charge in [0.1, 0.15) is 17.5 Å². The van der Waals surface area contributed by atoms with Crippen LogP contribution in [0.2, 0.25) is 0 Å². The van der Waals surface area contributed by atoms with E-state index in [-0.39, 0.29) is 17.7 Å². The van der Waals surface area contributed by atoms with Crippen LogP contribution >= 0.6 is 0 Å². The van der Waals surface area contributed by atoms with Crippen molar-refractivity contribution in [2.45, 2.75) is 45.0 Å². The zero-order chi connectivity index (χ0) is 16.3. The van der Waals surface area contributed by atoms with Crippen LogP contribution in [0, 0.1) is 0 Å². The van der Waals surface area contributed by atoms with Crippen molar-refractivity contribution < 1.29 is 19.0 Å². The topological polar surface area (TPSA) is 48.0 Å². The lowest BCUT2D eigenvalue weighted by molar-refractivity contribution is -0.151. The van der Waals surface area contributed by atoms with Gasteiger partial charge < -0.3 is 14.2 Å². The van der Waals surface area contributed by atoms with Crippen molar-refractivity contribution in [3.8, 4) is 5.75 Å². The fraction of sp³-hybridized carbons (Fsp3) is 0.611. The number of nitrogens with zero attached hydrogens (tertiary/aromatic N) is 1. The van der Waals surface area contributed by atoms with Gasteiger partial charge in [0.25, 0.3) is 0 Å². The SMILES string of the molecule is CCOC(=O)CN1CCC2(CC1)OCc1ccccc1OC2C. The molecule has 1 unspecified atom stereocenters. The molecule has 1 atom stereocenters. The lowest BCUT2D eigenvalue weighted by atomic mass is 9.86. The van der Waals surface area contributed by atoms with Gasteiger partial charge in [0, 0.05) is 18.7 Å². The van der Waals surface area contributed by atoms with E-state index in [1.807, 2.05) is 25.1 Å². The van der Waals surface area contributed by atoms with Gasteiger partial charge in [-0.2, -0.15) is 0 Å². The normalized spacial score (nSPS) is 23.7. The minimum atomic E-state index is -0.274. The van der Waals surface area contributed by atoms with Gasteiger partial charge >= 0.3 is 5.97 Å². The molecule has 1 saturated heterocycles. The lowest BCUT2D eigenvalue weighted by Crippen LogP contribution is -2.54. The maximum atomic E-state index is 11.6. The number of benzene rings is 1. The monoisotopic (exact) mass is 319 g/mol. The summed E-state index contributed by atoms with van der Waals surface area (Å²) in [6.45, 7) is 6.94. The van der Waals surface area contributed by atoms with E-state index in [0.717, 1.165) is 37.2 Å². The van der Waals surface area contributed by atoms with E-state index in [1.165, 1.54) is 0 Å². The quantitative estimate of drug-likeness (QED) is 0.801. The third kappa shape index (κ3) is 3.51. The summed E-state index contributed by atoms with van der Waals surface area (Å²) in [5.41, 5.74) is 0.828. The summed E-state index contributed by atoms with van der Waals surface area (Å²) in [6.07, 6.45) is 1.72. The maximum Gasteiger partial charge on any atom is 0.320 e. The fourth-order valence-corrected chi connectivity index (χ4v) is 3.40. The highest BCUT2D eigenvalue weighted by Gasteiger charge is 2.43. The molecule has 1 aromatic carbocycles. The second-order valence-electron chi connectivity index (χ2n) is 6.30. The summed E-state index contributed by atoms with van der Waals surface area (Å²) < 4.78 is 17.5. The molecule has 1 fully saturated rings. The number of esters is 1. The summed E-state index contributed by atoms with van der Waals surface area (Å²) in [6, 6.07) is 8.06. The Kier molecular flexibility index (Phi) is 4.87. The Morgan fingerprint density at radius 3 is 2.83 bits per heavy atom. The molecule has 2 aliphatic heterocycles. The number of hydrogen-bond acceptors (Lipinski definition) is 5. The van der Waals surface area contributed by atoms with Crippen molar-refractivity contribution in [3.05, 3.63) is 29.8 Å². The van der Waals surface area contributed by atoms with Gasteiger partial charge in [0.05, 0.1) is 19.8 Å². The Hall–Kier alpha value is -1.59. The fourth-order valence-electron chi connectivity index (χ4n) is 3.40. The first-order chi connectivity index (χ1) is 11.1. The molecule has 5 nitrogen and oxygen atoms in total. The molecular weight excluding hydrogens is 294 g/mol. The van der Waals surface area contributed by atoms with E-state index in [1.54, 1.807) is 0 Å². The third-order valence-electron chi connectivity index (χ3n) is 4.89. The first kappa shape index (κ1) is 16.3. The Bertz CT molecular complexity index is 552. The number of para-hydroxylation sites is 1. The number of carbonyl (C=O) groups is 1. The van der Waals surface area contributed by atoms with Crippen molar-refractivity contribution in [2.24, 2.45) is 0 Å². The molecular formula is C18H25NO4. The van der Waals surface area contributed by atoms with E-state index in [2.05, 4.69) is 17.9 Å². The summed E-state index contributed by atoms with van der Waals surface area (Å²) in [7, 11) is 0. The summed E-state index contributed by atoms with van der Waals surface area (Å²) in [5.74, 6) is 0.771. The van der Waals surface area contributed by atoms with Gasteiger partial charge in [-0.3, -0.25) is 9.69 Å². The van der Waals surface area contributed by atoms with Crippen molar-refractivity contribution in [1.82, 2.24) is 4.90 Å². The van der Waals surface area contributed by atoms with Crippen LogP contribution in [-0.2, 0) is 20.9 Å². The number of piperidine rings is 1. The number of carbonyl (C=O) groups excluding carboxylic acids is 1. The minimum Gasteiger partial charge on any atom is -0.487 e. The smallest absolute Gasteiger partial charge is 0.320 e. The van der Waals surface area contributed by atoms with E-state index in [0.29, 0.717) is 19.8 Å². The average molecular weight is 319 g/mol. The largest absolute Gasteiger partial charge is 0.487 e. The molecule has 0 saturated carbocycles. The van der Waals surface area contributed by atoms with Crippen LogP contribution in [0.25, 0.3) is 0 Å². The predicted octanol–water partition coefficient (Wildman–Crippen LogP) is 2.38. The number of ether oxygens (including phenoxy) is 3. The molecule has 5 heteroatoms. The minimum absolute atomic E-state index is 0.00380. The molecule has 2 heterocycles. The molecule has 0 amide bonds. The summed E-state index contributed by atoms with van der Waals surface area (Å²) in [4.78, 5) is 13.8. The number of fused-ring (bicyclic) bond motifs is 1. The number of likely N-dealkylation sites (tertiary alicyclic amines) is 1. The first-order valence-corrected chi connectivity index (χ1v) is 8.39. The van der Waals surface area contributed by atoms with Gasteiger partial charge in [-0.15, -0.1) is 0 Å². The van der Waals surface area contributed by atoms with Crippen molar-refractivity contribution in [3.63, 3.8) is 0 Å². The van der Waals surface area contributed by atoms with Crippen LogP contribution in [-0.4, -0.2) is 48.8 Å². The van der Waals surface area contributed by atoms with Gasteiger partial charge in [-0.25, -0.2) is 0 Å². The molecule has 0 N–H and O–H groups in total. The van der Waals surface area contributed by atoms with Crippen molar-refractivity contribution in [2.75, 3.05) is 26.2 Å². The molecule has 0 radical (unpaired) electrons. The number of hydrogen-bond donors (Lipinski definition) is 0. The van der Waals surface area contributed by atoms with Crippen LogP contribution in [0.1, 0.15) is 32.3 Å². The zero-order valence-electron chi connectivity index (χ0n) is 13.9. The second-order valence-corrected chi connectivity index (χ2v) is 6.30. The average Bonchev–Trinajstić information content (AvgIpc) is 2.68. The van der Waals surface area contributed by atoms with Gasteiger partial charge in [-0.1, -0.05) is 18.2 Å². The summed E-state index contributed by atoms with van der Waals surface area (Å²) >= 11 is 0. The van der Waals surface area contributed by atoms with Gasteiger partial charge in [0.2, 0.25) is 0 Å². The molecule has 2 aliphatic rings. The Labute approximate surface area is 137 Å². The van der Waals surface area contributed by atoms with E-state index >= 15 is 0 Å². The highest BCUT2D eigenvalue weighted by molar-refractivity contribution is 5.71. The lowest BCUT2D eigenvalue weighted by Gasteiger charge is -2.43. The summed E-state index contributed by atoms with van der Waals surface area (Å²) in [5, 5.41) is 0. The first-order valence-electron chi connectivity index (χ1n) is 8.39. The molecule has 3 rings (SSSR count). The van der Waals surface area contributed by atoms with Crippen LogP contribution < -0.4 is 4.74 Å². The molecule has 0 bridgehead atoms. The second kappa shape index (κ2) is 6.89. The molecule has 23 heavy (non-hydrogen) atoms. The van der Waals surface area contributed by atoms with Gasteiger partial charge in [0.15, 0.2) is 0 Å². The highest BCUT2D eigenvalue weighted by Crippen LogP contribution is 2.37. The van der Waals surface area contributed by atoms with Crippen molar-refractivity contribution in [1.29, 1.82) is 0 Å². The number of rotatable bonds is 3. The molecule has 126 valence electrons. The molecule has 1 spiro atoms. The van der Waals surface area contributed by atoms with Crippen LogP contribution in [0.5, 0.6) is 5.75 Å². The zero-order valence-corrected chi connectivity index (χ0v) is 13.9. The third-order valence-corrected chi connectivity index (χ3v) is 4.89. The maximum absolute atomic E-state index is 11.6. The molecule has 1 aromatic rings. The van der Waals surface area contributed by atoms with Crippen LogP contribution in [0.4, 0.5) is 0 Å². The van der Waals surface area contributed by atoms with Crippen LogP contribution in [0.3, 0.4) is 0 Å². The van der Waals surface area contributed by atoms with E-state index in [9.17, 15) is 4.79 Å². The Balaban J connectivity index is 1.63. The Morgan fingerprint density at radius 1 is 1.35 bits per heavy atom. The van der Waals surface area contributed by atoms with E-state index in [4.69, 9.17) is 14.2 Å². The van der Waals surface area contributed by atoms with E-state index < -0.39 is 0 Å². The molecule has 0 aliphatic carbocycles. The van der Waals surface area contributed by atoms with Crippen LogP contribution in [0.15, 0.2) is 24.3 Å². The highest BCUT2D eigenvalue weighted by atomic mass is 16.6. The standard InChI is InChI=1S/C18H25NO4/c1-3-21-17(20)12-19-10-8-18(9-11-19)14(2)23-16-7-5-4-6-15(16)13-22-18/h4-7,14H,3,8-13H2,1-2H3. The van der Waals surface area contributed by atoms with Gasteiger partial charge in [-0.05, 0) is 32.8 Å². The Morgan fingerprint density at radius 2 is 2.09 bits per heavy atom.